The molecule has 0 N–H and O–H groups in total. The van der Waals surface area contributed by atoms with Crippen LogP contribution in [0, 0.1) is 0 Å². The van der Waals surface area contributed by atoms with Crippen molar-refractivity contribution in [3.63, 3.8) is 0 Å². The van der Waals surface area contributed by atoms with Gasteiger partial charge in [-0.25, -0.2) is 0 Å². The van der Waals surface area contributed by atoms with Crippen molar-refractivity contribution in [1.29, 1.82) is 0 Å². The van der Waals surface area contributed by atoms with Crippen LogP contribution in [0.15, 0.2) is 54.6 Å². The summed E-state index contributed by atoms with van der Waals surface area (Å²) in [7, 11) is -2.95. The van der Waals surface area contributed by atoms with Gasteiger partial charge in [0.25, 0.3) is 0 Å². The van der Waals surface area contributed by atoms with Gasteiger partial charge in [0.2, 0.25) is 0 Å². The molecule has 3 aromatic carbocycles. The quantitative estimate of drug-likeness (QED) is 0.475. The van der Waals surface area contributed by atoms with Crippen LogP contribution in [0.25, 0.3) is 21.5 Å². The Morgan fingerprint density at radius 3 is 1.75 bits per heavy atom. The van der Waals surface area contributed by atoms with E-state index in [0.29, 0.717) is 19.8 Å². The number of hydrogen-bond acceptors (Lipinski definition) is 3. The molecule has 0 saturated heterocycles. The van der Waals surface area contributed by atoms with Crippen LogP contribution in [0.4, 0.5) is 0 Å². The SMILES string of the molecule is CCO[Si](OCC)(OCC)c1cc2ccccc2c2ccccc12. The van der Waals surface area contributed by atoms with Crippen LogP contribution in [-0.2, 0) is 13.3 Å². The molecule has 0 unspecified atom stereocenters. The monoisotopic (exact) mass is 340 g/mol. The van der Waals surface area contributed by atoms with Gasteiger partial charge in [-0.05, 0) is 48.4 Å². The van der Waals surface area contributed by atoms with Crippen LogP contribution in [0.5, 0.6) is 0 Å². The van der Waals surface area contributed by atoms with Gasteiger partial charge in [0.05, 0.1) is 0 Å². The Morgan fingerprint density at radius 1 is 0.667 bits per heavy atom. The molecule has 0 spiro atoms. The molecule has 126 valence electrons. The van der Waals surface area contributed by atoms with Gasteiger partial charge in [-0.3, -0.25) is 0 Å². The van der Waals surface area contributed by atoms with E-state index in [1.807, 2.05) is 20.8 Å². The second kappa shape index (κ2) is 7.45. The summed E-state index contributed by atoms with van der Waals surface area (Å²) in [5.74, 6) is 0. The first-order valence-corrected chi connectivity index (χ1v) is 10.3. The zero-order valence-electron chi connectivity index (χ0n) is 14.5. The molecule has 0 radical (unpaired) electrons. The van der Waals surface area contributed by atoms with Crippen molar-refractivity contribution in [1.82, 2.24) is 0 Å². The topological polar surface area (TPSA) is 27.7 Å². The summed E-state index contributed by atoms with van der Waals surface area (Å²) >= 11 is 0. The molecule has 0 amide bonds. The molecule has 0 aliphatic rings. The molecule has 3 aromatic rings. The van der Waals surface area contributed by atoms with Crippen molar-refractivity contribution in [2.24, 2.45) is 0 Å². The van der Waals surface area contributed by atoms with Crippen molar-refractivity contribution in [2.45, 2.75) is 20.8 Å². The summed E-state index contributed by atoms with van der Waals surface area (Å²) in [6.45, 7) is 7.66. The highest BCUT2D eigenvalue weighted by Gasteiger charge is 2.44. The molecule has 0 aliphatic carbocycles. The van der Waals surface area contributed by atoms with Crippen LogP contribution in [0.1, 0.15) is 20.8 Å². The summed E-state index contributed by atoms with van der Waals surface area (Å²) in [6.07, 6.45) is 0. The van der Waals surface area contributed by atoms with Crippen LogP contribution in [-0.4, -0.2) is 28.6 Å². The van der Waals surface area contributed by atoms with Crippen LogP contribution < -0.4 is 5.19 Å². The first kappa shape index (κ1) is 17.1. The normalized spacial score (nSPS) is 12.1. The van der Waals surface area contributed by atoms with Crippen LogP contribution >= 0.6 is 0 Å². The van der Waals surface area contributed by atoms with E-state index < -0.39 is 8.80 Å². The molecule has 4 heteroatoms. The predicted octanol–water partition coefficient (Wildman–Crippen LogP) is 4.25. The van der Waals surface area contributed by atoms with E-state index in [9.17, 15) is 0 Å². The first-order chi connectivity index (χ1) is 11.8. The van der Waals surface area contributed by atoms with Gasteiger partial charge in [-0.1, -0.05) is 48.5 Å². The average Bonchev–Trinajstić information content (AvgIpc) is 2.61. The van der Waals surface area contributed by atoms with Crippen molar-refractivity contribution >= 4 is 35.5 Å². The minimum Gasteiger partial charge on any atom is -0.370 e. The Labute approximate surface area is 144 Å². The Kier molecular flexibility index (Phi) is 5.31. The Morgan fingerprint density at radius 2 is 1.17 bits per heavy atom. The fraction of sp³-hybridized carbons (Fsp3) is 0.300. The van der Waals surface area contributed by atoms with Gasteiger partial charge < -0.3 is 13.3 Å². The number of benzene rings is 3. The van der Waals surface area contributed by atoms with Gasteiger partial charge in [0.15, 0.2) is 0 Å². The lowest BCUT2D eigenvalue weighted by molar-refractivity contribution is 0.0862. The zero-order chi connectivity index (χ0) is 17.0. The molecule has 0 heterocycles. The lowest BCUT2D eigenvalue weighted by atomic mass is 10.0. The van der Waals surface area contributed by atoms with Gasteiger partial charge in [0, 0.05) is 25.0 Å². The third-order valence-corrected chi connectivity index (χ3v) is 7.18. The highest BCUT2D eigenvalue weighted by atomic mass is 28.4. The summed E-state index contributed by atoms with van der Waals surface area (Å²) in [5.41, 5.74) is 0. The van der Waals surface area contributed by atoms with Gasteiger partial charge >= 0.3 is 8.80 Å². The van der Waals surface area contributed by atoms with Gasteiger partial charge in [-0.2, -0.15) is 0 Å². The molecule has 24 heavy (non-hydrogen) atoms. The smallest absolute Gasteiger partial charge is 0.370 e. The predicted molar refractivity (Wildman–Crippen MR) is 102 cm³/mol. The molecule has 0 aliphatic heterocycles. The lowest BCUT2D eigenvalue weighted by Crippen LogP contribution is -2.57. The van der Waals surface area contributed by atoms with E-state index in [0.717, 1.165) is 10.6 Å². The molecule has 0 bridgehead atoms. The maximum Gasteiger partial charge on any atom is 0.537 e. The van der Waals surface area contributed by atoms with Crippen molar-refractivity contribution in [3.8, 4) is 0 Å². The van der Waals surface area contributed by atoms with Crippen LogP contribution in [0.2, 0.25) is 0 Å². The van der Waals surface area contributed by atoms with E-state index in [1.54, 1.807) is 0 Å². The van der Waals surface area contributed by atoms with Crippen molar-refractivity contribution in [3.05, 3.63) is 54.6 Å². The lowest BCUT2D eigenvalue weighted by Gasteiger charge is -2.30. The molecular weight excluding hydrogens is 316 g/mol. The highest BCUT2D eigenvalue weighted by Crippen LogP contribution is 2.27. The second-order valence-corrected chi connectivity index (χ2v) is 8.06. The average molecular weight is 340 g/mol. The highest BCUT2D eigenvalue weighted by molar-refractivity contribution is 6.78. The number of fused-ring (bicyclic) bond motifs is 3. The third-order valence-electron chi connectivity index (χ3n) is 4.10. The number of hydrogen-bond donors (Lipinski definition) is 0. The molecule has 3 rings (SSSR count). The summed E-state index contributed by atoms with van der Waals surface area (Å²) < 4.78 is 18.4. The minimum atomic E-state index is -2.95. The Bertz CT molecular complexity index is 814. The maximum absolute atomic E-state index is 6.15. The number of rotatable bonds is 7. The summed E-state index contributed by atoms with van der Waals surface area (Å²) in [4.78, 5) is 0. The Balaban J connectivity index is 2.35. The van der Waals surface area contributed by atoms with Crippen molar-refractivity contribution < 1.29 is 13.3 Å². The molecular formula is C20H24O3Si. The van der Waals surface area contributed by atoms with Crippen LogP contribution in [0.3, 0.4) is 0 Å². The third kappa shape index (κ3) is 2.98. The fourth-order valence-corrected chi connectivity index (χ4v) is 5.97. The zero-order valence-corrected chi connectivity index (χ0v) is 15.5. The molecule has 0 atom stereocenters. The largest absolute Gasteiger partial charge is 0.537 e. The fourth-order valence-electron chi connectivity index (χ4n) is 3.24. The first-order valence-electron chi connectivity index (χ1n) is 8.58. The van der Waals surface area contributed by atoms with E-state index in [-0.39, 0.29) is 0 Å². The van der Waals surface area contributed by atoms with Crippen molar-refractivity contribution in [2.75, 3.05) is 19.8 Å². The maximum atomic E-state index is 6.15. The summed E-state index contributed by atoms with van der Waals surface area (Å²) in [6, 6.07) is 19.0. The molecule has 0 aromatic heterocycles. The van der Waals surface area contributed by atoms with E-state index in [2.05, 4.69) is 54.6 Å². The standard InChI is InChI=1S/C20H24O3Si/c1-4-21-24(22-5-2,23-6-3)20-15-16-11-7-8-12-17(16)18-13-9-10-14-19(18)20/h7-15H,4-6H2,1-3H3. The van der Waals surface area contributed by atoms with E-state index in [4.69, 9.17) is 13.3 Å². The van der Waals surface area contributed by atoms with E-state index >= 15 is 0 Å². The minimum absolute atomic E-state index is 0.563. The molecule has 0 fully saturated rings. The van der Waals surface area contributed by atoms with Gasteiger partial charge in [-0.15, -0.1) is 0 Å². The molecule has 3 nitrogen and oxygen atoms in total. The summed E-state index contributed by atoms with van der Waals surface area (Å²) in [5, 5.41) is 5.84. The molecule has 0 saturated carbocycles. The van der Waals surface area contributed by atoms with E-state index in [1.165, 1.54) is 16.2 Å². The second-order valence-electron chi connectivity index (χ2n) is 5.55. The Hall–Kier alpha value is -1.72. The van der Waals surface area contributed by atoms with Gasteiger partial charge in [0.1, 0.15) is 0 Å².